The van der Waals surface area contributed by atoms with E-state index in [0.29, 0.717) is 13.0 Å². The standard InChI is InChI=1S/C15H16N4O2/c1-21-15(20)13(16)7-10-17-9-6-12-5-4-11-3-2-8-18-14(11)19-12/h2-5,7-8,10H,6,9,16H2,1H3. The Hall–Kier alpha value is -2.76. The van der Waals surface area contributed by atoms with Crippen LogP contribution in [0.1, 0.15) is 5.69 Å². The highest BCUT2D eigenvalue weighted by Crippen LogP contribution is 2.09. The molecule has 0 atom stereocenters. The van der Waals surface area contributed by atoms with Crippen molar-refractivity contribution in [3.63, 3.8) is 0 Å². The molecule has 0 spiro atoms. The molecule has 21 heavy (non-hydrogen) atoms. The van der Waals surface area contributed by atoms with Gasteiger partial charge in [0.1, 0.15) is 5.70 Å². The molecular formula is C15H16N4O2. The van der Waals surface area contributed by atoms with Crippen molar-refractivity contribution in [2.75, 3.05) is 13.7 Å². The van der Waals surface area contributed by atoms with Gasteiger partial charge in [0.25, 0.3) is 0 Å². The topological polar surface area (TPSA) is 90.5 Å². The van der Waals surface area contributed by atoms with Crippen LogP contribution >= 0.6 is 0 Å². The molecule has 0 fully saturated rings. The molecule has 0 aliphatic heterocycles. The normalized spacial score (nSPS) is 12.0. The Morgan fingerprint density at radius 2 is 2.29 bits per heavy atom. The average molecular weight is 284 g/mol. The van der Waals surface area contributed by atoms with Crippen LogP contribution < -0.4 is 5.73 Å². The molecule has 2 rings (SSSR count). The third kappa shape index (κ3) is 4.10. The molecule has 108 valence electrons. The van der Waals surface area contributed by atoms with Gasteiger partial charge in [0.2, 0.25) is 0 Å². The molecule has 0 bridgehead atoms. The number of carbonyl (C=O) groups excluding carboxylic acids is 1. The second-order valence-electron chi connectivity index (χ2n) is 4.27. The second-order valence-corrected chi connectivity index (χ2v) is 4.27. The Kier molecular flexibility index (Phi) is 4.98. The van der Waals surface area contributed by atoms with E-state index in [1.165, 1.54) is 19.4 Å². The summed E-state index contributed by atoms with van der Waals surface area (Å²) in [6.45, 7) is 0.552. The minimum Gasteiger partial charge on any atom is -0.464 e. The minimum absolute atomic E-state index is 0.0225. The van der Waals surface area contributed by atoms with E-state index in [-0.39, 0.29) is 5.70 Å². The highest BCUT2D eigenvalue weighted by Gasteiger charge is 2.01. The van der Waals surface area contributed by atoms with Crippen molar-refractivity contribution in [1.82, 2.24) is 9.97 Å². The summed E-state index contributed by atoms with van der Waals surface area (Å²) in [6, 6.07) is 7.80. The number of ether oxygens (including phenoxy) is 1. The Bertz CT molecular complexity index is 695. The zero-order valence-corrected chi connectivity index (χ0v) is 11.7. The summed E-state index contributed by atoms with van der Waals surface area (Å²) in [4.78, 5) is 23.8. The highest BCUT2D eigenvalue weighted by molar-refractivity contribution is 5.92. The van der Waals surface area contributed by atoms with Crippen molar-refractivity contribution in [3.8, 4) is 0 Å². The first-order valence-electron chi connectivity index (χ1n) is 6.45. The van der Waals surface area contributed by atoms with E-state index in [1.54, 1.807) is 6.20 Å². The van der Waals surface area contributed by atoms with Crippen molar-refractivity contribution < 1.29 is 9.53 Å². The van der Waals surface area contributed by atoms with Gasteiger partial charge in [-0.3, -0.25) is 4.99 Å². The Morgan fingerprint density at radius 1 is 1.43 bits per heavy atom. The van der Waals surface area contributed by atoms with Crippen LogP contribution in [-0.2, 0) is 16.0 Å². The fourth-order valence-electron chi connectivity index (χ4n) is 1.70. The first-order chi connectivity index (χ1) is 10.2. The molecule has 0 saturated heterocycles. The number of hydrogen-bond acceptors (Lipinski definition) is 6. The van der Waals surface area contributed by atoms with Crippen molar-refractivity contribution in [1.29, 1.82) is 0 Å². The van der Waals surface area contributed by atoms with Crippen LogP contribution in [0.15, 0.2) is 47.2 Å². The number of hydrogen-bond donors (Lipinski definition) is 1. The van der Waals surface area contributed by atoms with Gasteiger partial charge in [-0.15, -0.1) is 0 Å². The lowest BCUT2D eigenvalue weighted by Gasteiger charge is -2.00. The van der Waals surface area contributed by atoms with E-state index in [0.717, 1.165) is 16.7 Å². The van der Waals surface area contributed by atoms with Crippen molar-refractivity contribution in [2.45, 2.75) is 6.42 Å². The number of nitrogens with two attached hydrogens (primary N) is 1. The van der Waals surface area contributed by atoms with Gasteiger partial charge < -0.3 is 10.5 Å². The van der Waals surface area contributed by atoms with Gasteiger partial charge >= 0.3 is 5.97 Å². The van der Waals surface area contributed by atoms with Gasteiger partial charge in [-0.05, 0) is 30.3 Å². The minimum atomic E-state index is -0.566. The fourth-order valence-corrected chi connectivity index (χ4v) is 1.70. The summed E-state index contributed by atoms with van der Waals surface area (Å²) < 4.78 is 4.47. The van der Waals surface area contributed by atoms with E-state index < -0.39 is 5.97 Å². The molecule has 2 N–H and O–H groups in total. The van der Waals surface area contributed by atoms with Crippen molar-refractivity contribution in [3.05, 3.63) is 47.9 Å². The zero-order valence-electron chi connectivity index (χ0n) is 11.7. The molecule has 0 aliphatic rings. The molecule has 2 aromatic heterocycles. The number of fused-ring (bicyclic) bond motifs is 1. The van der Waals surface area contributed by atoms with Gasteiger partial charge in [0.05, 0.1) is 7.11 Å². The summed E-state index contributed by atoms with van der Waals surface area (Å²) >= 11 is 0. The largest absolute Gasteiger partial charge is 0.464 e. The summed E-state index contributed by atoms with van der Waals surface area (Å²) in [6.07, 6.45) is 5.32. The van der Waals surface area contributed by atoms with Gasteiger partial charge in [0.15, 0.2) is 5.65 Å². The van der Waals surface area contributed by atoms with Crippen molar-refractivity contribution >= 4 is 23.2 Å². The maximum atomic E-state index is 11.0. The highest BCUT2D eigenvalue weighted by atomic mass is 16.5. The number of rotatable bonds is 5. The summed E-state index contributed by atoms with van der Waals surface area (Å²) in [5.41, 5.74) is 7.13. The van der Waals surface area contributed by atoms with Crippen LogP contribution in [0.3, 0.4) is 0 Å². The third-order valence-electron chi connectivity index (χ3n) is 2.80. The predicted octanol–water partition coefficient (Wildman–Crippen LogP) is 1.26. The number of aliphatic imine (C=N–C) groups is 1. The number of methoxy groups -OCH3 is 1. The van der Waals surface area contributed by atoms with Crippen LogP contribution in [0.4, 0.5) is 0 Å². The fraction of sp³-hybridized carbons (Fsp3) is 0.200. The lowest BCUT2D eigenvalue weighted by atomic mass is 10.2. The molecule has 6 nitrogen and oxygen atoms in total. The number of esters is 1. The first-order valence-corrected chi connectivity index (χ1v) is 6.45. The van der Waals surface area contributed by atoms with E-state index in [1.807, 2.05) is 24.3 Å². The van der Waals surface area contributed by atoms with Gasteiger partial charge in [0, 0.05) is 36.5 Å². The van der Waals surface area contributed by atoms with Gasteiger partial charge in [-0.25, -0.2) is 14.8 Å². The average Bonchev–Trinajstić information content (AvgIpc) is 2.53. The van der Waals surface area contributed by atoms with E-state index in [4.69, 9.17) is 5.73 Å². The zero-order chi connectivity index (χ0) is 15.1. The Labute approximate surface area is 122 Å². The van der Waals surface area contributed by atoms with Crippen LogP contribution in [0, 0.1) is 0 Å². The summed E-state index contributed by atoms with van der Waals surface area (Å²) in [5, 5.41) is 1.01. The quantitative estimate of drug-likeness (QED) is 0.507. The van der Waals surface area contributed by atoms with Crippen LogP contribution in [0.5, 0.6) is 0 Å². The molecule has 0 amide bonds. The third-order valence-corrected chi connectivity index (χ3v) is 2.80. The lowest BCUT2D eigenvalue weighted by Crippen LogP contribution is -2.12. The molecule has 2 heterocycles. The van der Waals surface area contributed by atoms with Crippen LogP contribution in [0.2, 0.25) is 0 Å². The summed E-state index contributed by atoms with van der Waals surface area (Å²) in [5.74, 6) is -0.566. The molecule has 6 heteroatoms. The lowest BCUT2D eigenvalue weighted by molar-refractivity contribution is -0.136. The second kappa shape index (κ2) is 7.14. The molecule has 2 aromatic rings. The molecule has 0 unspecified atom stereocenters. The molecular weight excluding hydrogens is 268 g/mol. The number of aromatic nitrogens is 2. The van der Waals surface area contributed by atoms with E-state index >= 15 is 0 Å². The first kappa shape index (κ1) is 14.6. The molecule has 0 saturated carbocycles. The van der Waals surface area contributed by atoms with Crippen LogP contribution in [-0.4, -0.2) is 35.8 Å². The van der Waals surface area contributed by atoms with Crippen molar-refractivity contribution in [2.24, 2.45) is 10.7 Å². The molecule has 0 radical (unpaired) electrons. The van der Waals surface area contributed by atoms with E-state index in [2.05, 4.69) is 19.7 Å². The maximum absolute atomic E-state index is 11.0. The van der Waals surface area contributed by atoms with Gasteiger partial charge in [-0.2, -0.15) is 0 Å². The number of nitrogens with zero attached hydrogens (tertiary/aromatic N) is 3. The van der Waals surface area contributed by atoms with E-state index in [9.17, 15) is 4.79 Å². The SMILES string of the molecule is COC(=O)C(N)=CC=NCCc1ccc2cccnc2n1. The van der Waals surface area contributed by atoms with Crippen LogP contribution in [0.25, 0.3) is 11.0 Å². The maximum Gasteiger partial charge on any atom is 0.353 e. The number of allylic oxidation sites excluding steroid dienone is 1. The number of pyridine rings is 2. The van der Waals surface area contributed by atoms with Gasteiger partial charge in [-0.1, -0.05) is 0 Å². The monoisotopic (exact) mass is 284 g/mol. The molecule has 0 aliphatic carbocycles. The molecule has 0 aromatic carbocycles. The summed E-state index contributed by atoms with van der Waals surface area (Å²) in [7, 11) is 1.28. The smallest absolute Gasteiger partial charge is 0.353 e. The Morgan fingerprint density at radius 3 is 3.10 bits per heavy atom. The predicted molar refractivity (Wildman–Crippen MR) is 80.9 cm³/mol. The Balaban J connectivity index is 1.91. The number of carbonyl (C=O) groups is 1.